The number of ether oxygens (including phenoxy) is 1. The number of nitrogens with one attached hydrogen (secondary N) is 1. The average molecular weight is 247 g/mol. The molecule has 0 saturated carbocycles. The van der Waals surface area contributed by atoms with E-state index in [0.29, 0.717) is 17.9 Å². The van der Waals surface area contributed by atoms with E-state index in [1.165, 1.54) is 13.0 Å². The first-order chi connectivity index (χ1) is 8.58. The van der Waals surface area contributed by atoms with Crippen LogP contribution >= 0.6 is 0 Å². The fraction of sp³-hybridized carbons (Fsp3) is 0.231. The van der Waals surface area contributed by atoms with E-state index >= 15 is 0 Å². The highest BCUT2D eigenvalue weighted by molar-refractivity contribution is 5.96. The van der Waals surface area contributed by atoms with Gasteiger partial charge in [0.05, 0.1) is 6.61 Å². The predicted molar refractivity (Wildman–Crippen MR) is 65.1 cm³/mol. The van der Waals surface area contributed by atoms with Gasteiger partial charge in [-0.05, 0) is 11.6 Å². The van der Waals surface area contributed by atoms with Gasteiger partial charge in [-0.1, -0.05) is 18.2 Å². The summed E-state index contributed by atoms with van der Waals surface area (Å²) in [5, 5.41) is 11.3. The van der Waals surface area contributed by atoms with Gasteiger partial charge in [0.2, 0.25) is 5.91 Å². The van der Waals surface area contributed by atoms with E-state index in [4.69, 9.17) is 9.84 Å². The summed E-state index contributed by atoms with van der Waals surface area (Å²) >= 11 is 0. The van der Waals surface area contributed by atoms with Crippen molar-refractivity contribution in [3.05, 3.63) is 35.0 Å². The van der Waals surface area contributed by atoms with Crippen LogP contribution in [0.4, 0.5) is 0 Å². The molecule has 0 radical (unpaired) electrons. The highest BCUT2D eigenvalue weighted by atomic mass is 16.5. The molecule has 94 valence electrons. The zero-order valence-corrected chi connectivity index (χ0v) is 9.90. The number of benzene rings is 1. The number of rotatable bonds is 3. The van der Waals surface area contributed by atoms with E-state index < -0.39 is 11.9 Å². The van der Waals surface area contributed by atoms with Crippen LogP contribution in [-0.2, 0) is 16.0 Å². The summed E-state index contributed by atoms with van der Waals surface area (Å²) in [7, 11) is 0. The number of carboxylic acids is 1. The van der Waals surface area contributed by atoms with Crippen LogP contribution in [0.2, 0.25) is 0 Å². The molecule has 0 fully saturated rings. The topological polar surface area (TPSA) is 75.6 Å². The van der Waals surface area contributed by atoms with E-state index in [2.05, 4.69) is 5.32 Å². The van der Waals surface area contributed by atoms with Crippen molar-refractivity contribution in [1.82, 2.24) is 5.32 Å². The maximum Gasteiger partial charge on any atom is 0.352 e. The second-order valence-electron chi connectivity index (χ2n) is 3.98. The quantitative estimate of drug-likeness (QED) is 0.786. The van der Waals surface area contributed by atoms with Crippen molar-refractivity contribution < 1.29 is 19.4 Å². The molecule has 0 atom stereocenters. The first kappa shape index (κ1) is 12.2. The van der Waals surface area contributed by atoms with Gasteiger partial charge in [-0.15, -0.1) is 0 Å². The Balaban J connectivity index is 2.39. The van der Waals surface area contributed by atoms with Crippen molar-refractivity contribution in [2.45, 2.75) is 13.3 Å². The van der Waals surface area contributed by atoms with Gasteiger partial charge in [-0.25, -0.2) is 4.79 Å². The van der Waals surface area contributed by atoms with Crippen LogP contribution in [0.15, 0.2) is 23.9 Å². The van der Waals surface area contributed by atoms with Crippen LogP contribution in [0, 0.1) is 0 Å². The van der Waals surface area contributed by atoms with Gasteiger partial charge in [0, 0.05) is 18.9 Å². The van der Waals surface area contributed by atoms with Gasteiger partial charge in [-0.3, -0.25) is 4.79 Å². The van der Waals surface area contributed by atoms with Gasteiger partial charge in [0.1, 0.15) is 11.4 Å². The number of hydrogen-bond acceptors (Lipinski definition) is 3. The maximum absolute atomic E-state index is 11.0. The second-order valence-corrected chi connectivity index (χ2v) is 3.98. The molecule has 1 aliphatic heterocycles. The summed E-state index contributed by atoms with van der Waals surface area (Å²) < 4.78 is 5.46. The zero-order chi connectivity index (χ0) is 13.1. The Morgan fingerprint density at radius 1 is 1.44 bits per heavy atom. The average Bonchev–Trinajstić information content (AvgIpc) is 2.76. The molecular weight excluding hydrogens is 234 g/mol. The van der Waals surface area contributed by atoms with Gasteiger partial charge < -0.3 is 15.2 Å². The lowest BCUT2D eigenvalue weighted by atomic mass is 10.1. The van der Waals surface area contributed by atoms with Crippen LogP contribution in [-0.4, -0.2) is 23.6 Å². The minimum atomic E-state index is -1.18. The van der Waals surface area contributed by atoms with Crippen molar-refractivity contribution in [2.24, 2.45) is 0 Å². The molecule has 0 unspecified atom stereocenters. The first-order valence-electron chi connectivity index (χ1n) is 5.55. The van der Waals surface area contributed by atoms with Crippen molar-refractivity contribution >= 4 is 18.0 Å². The monoisotopic (exact) mass is 247 g/mol. The molecule has 18 heavy (non-hydrogen) atoms. The minimum absolute atomic E-state index is 0.161. The summed E-state index contributed by atoms with van der Waals surface area (Å²) in [5.41, 5.74) is 1.55. The molecule has 5 nitrogen and oxygen atoms in total. The van der Waals surface area contributed by atoms with E-state index in [9.17, 15) is 9.59 Å². The normalized spacial score (nSPS) is 13.7. The summed E-state index contributed by atoms with van der Waals surface area (Å²) in [6.07, 6.45) is 2.23. The van der Waals surface area contributed by atoms with Crippen LogP contribution in [0.1, 0.15) is 18.1 Å². The van der Waals surface area contributed by atoms with E-state index in [1.54, 1.807) is 6.07 Å². The number of amides is 1. The molecule has 2 rings (SSSR count). The molecule has 0 aliphatic carbocycles. The van der Waals surface area contributed by atoms with Crippen LogP contribution in [0.5, 0.6) is 5.75 Å². The van der Waals surface area contributed by atoms with Crippen molar-refractivity contribution in [1.29, 1.82) is 0 Å². The van der Waals surface area contributed by atoms with Crippen molar-refractivity contribution in [3.63, 3.8) is 0 Å². The van der Waals surface area contributed by atoms with Gasteiger partial charge >= 0.3 is 5.97 Å². The van der Waals surface area contributed by atoms with Crippen LogP contribution in [0.25, 0.3) is 6.08 Å². The molecule has 1 heterocycles. The fourth-order valence-corrected chi connectivity index (χ4v) is 1.85. The molecule has 0 spiro atoms. The molecule has 1 aliphatic rings. The molecule has 1 aromatic rings. The van der Waals surface area contributed by atoms with E-state index in [1.807, 2.05) is 12.1 Å². The first-order valence-corrected chi connectivity index (χ1v) is 5.55. The molecule has 0 aromatic heterocycles. The third-order valence-electron chi connectivity index (χ3n) is 2.59. The largest absolute Gasteiger partial charge is 0.492 e. The Bertz CT molecular complexity index is 534. The van der Waals surface area contributed by atoms with E-state index in [-0.39, 0.29) is 5.70 Å². The third kappa shape index (κ3) is 2.51. The molecule has 1 amide bonds. The molecule has 1 aromatic carbocycles. The number of hydrogen-bond donors (Lipinski definition) is 2. The highest BCUT2D eigenvalue weighted by Crippen LogP contribution is 2.30. The Hall–Kier alpha value is -2.30. The van der Waals surface area contributed by atoms with Crippen LogP contribution < -0.4 is 10.1 Å². The highest BCUT2D eigenvalue weighted by Gasteiger charge is 2.16. The Kier molecular flexibility index (Phi) is 3.32. The number of carboxylic acid groups (broad SMARTS) is 1. The number of carbonyl (C=O) groups is 2. The van der Waals surface area contributed by atoms with Gasteiger partial charge in [-0.2, -0.15) is 0 Å². The number of fused-ring (bicyclic) bond motifs is 1. The van der Waals surface area contributed by atoms with Crippen molar-refractivity contribution in [2.75, 3.05) is 6.61 Å². The molecule has 5 heteroatoms. The molecule has 0 saturated heterocycles. The number of carbonyl (C=O) groups excluding carboxylic acids is 1. The standard InChI is InChI=1S/C13H13NO4/c1-8(15)14-11(13(16)17)7-10-4-2-3-9-5-6-18-12(9)10/h2-4,7H,5-6H2,1H3,(H,14,15)(H,16,17)/b11-7+. The van der Waals surface area contributed by atoms with Gasteiger partial charge in [0.25, 0.3) is 0 Å². The lowest BCUT2D eigenvalue weighted by molar-refractivity contribution is -0.134. The van der Waals surface area contributed by atoms with Crippen molar-refractivity contribution in [3.8, 4) is 5.75 Å². The summed E-state index contributed by atoms with van der Waals surface area (Å²) in [4.78, 5) is 22.0. The Morgan fingerprint density at radius 3 is 2.89 bits per heavy atom. The summed E-state index contributed by atoms with van der Waals surface area (Å²) in [5.74, 6) is -0.903. The number of para-hydroxylation sites is 1. The van der Waals surface area contributed by atoms with E-state index in [0.717, 1.165) is 12.0 Å². The Morgan fingerprint density at radius 2 is 2.22 bits per heavy atom. The van der Waals surface area contributed by atoms with Crippen LogP contribution in [0.3, 0.4) is 0 Å². The SMILES string of the molecule is CC(=O)N/C(=C/c1cccc2c1OCC2)C(=O)O. The molecule has 2 N–H and O–H groups in total. The lowest BCUT2D eigenvalue weighted by Gasteiger charge is -2.06. The van der Waals surface area contributed by atoms with Gasteiger partial charge in [0.15, 0.2) is 0 Å². The summed E-state index contributed by atoms with van der Waals surface area (Å²) in [6, 6.07) is 5.54. The fourth-order valence-electron chi connectivity index (χ4n) is 1.85. The number of aliphatic carboxylic acids is 1. The minimum Gasteiger partial charge on any atom is -0.492 e. The lowest BCUT2D eigenvalue weighted by Crippen LogP contribution is -2.24. The maximum atomic E-state index is 11.0. The third-order valence-corrected chi connectivity index (χ3v) is 2.59. The second kappa shape index (κ2) is 4.91. The summed E-state index contributed by atoms with van der Waals surface area (Å²) in [6.45, 7) is 1.87. The Labute approximate surface area is 104 Å². The molecular formula is C13H13NO4. The molecule has 0 bridgehead atoms. The predicted octanol–water partition coefficient (Wildman–Crippen LogP) is 1.18. The zero-order valence-electron chi connectivity index (χ0n) is 9.90. The smallest absolute Gasteiger partial charge is 0.352 e.